The molecule has 0 aliphatic rings. The highest BCUT2D eigenvalue weighted by molar-refractivity contribution is 7.89. The molecule has 1 aromatic carbocycles. The van der Waals surface area contributed by atoms with Crippen LogP contribution in [0.25, 0.3) is 10.8 Å². The molecule has 0 spiro atoms. The second-order valence-electron chi connectivity index (χ2n) is 5.22. The van der Waals surface area contributed by atoms with Crippen LogP contribution >= 0.6 is 0 Å². The Morgan fingerprint density at radius 3 is 2.64 bits per heavy atom. The van der Waals surface area contributed by atoms with Gasteiger partial charge in [0, 0.05) is 23.2 Å². The number of sulfonamides is 1. The summed E-state index contributed by atoms with van der Waals surface area (Å²) in [5.41, 5.74) is 0. The lowest BCUT2D eigenvalue weighted by Crippen LogP contribution is -2.44. The van der Waals surface area contributed by atoms with Gasteiger partial charge in [-0.05, 0) is 18.1 Å². The van der Waals surface area contributed by atoms with E-state index in [2.05, 4.69) is 14.4 Å². The normalized spacial score (nSPS) is 13.3. The molecule has 0 amide bonds. The van der Waals surface area contributed by atoms with Crippen LogP contribution in [0.5, 0.6) is 0 Å². The number of carbonyl (C=O) groups excluding carboxylic acids is 1. The molecule has 1 aromatic heterocycles. The number of hydrogen-bond donors (Lipinski definition) is 1. The highest BCUT2D eigenvalue weighted by Gasteiger charge is 2.29. The van der Waals surface area contributed by atoms with Crippen molar-refractivity contribution in [2.75, 3.05) is 7.11 Å². The second-order valence-corrected chi connectivity index (χ2v) is 6.90. The number of hydrogen-bond acceptors (Lipinski definition) is 5. The lowest BCUT2D eigenvalue weighted by Gasteiger charge is -2.20. The zero-order valence-corrected chi connectivity index (χ0v) is 13.4. The zero-order chi connectivity index (χ0) is 16.3. The number of methoxy groups -OCH3 is 1. The van der Waals surface area contributed by atoms with Crippen molar-refractivity contribution >= 4 is 26.8 Å². The first kappa shape index (κ1) is 16.4. The van der Waals surface area contributed by atoms with E-state index in [1.54, 1.807) is 38.2 Å². The first-order chi connectivity index (χ1) is 10.4. The first-order valence-corrected chi connectivity index (χ1v) is 8.28. The Kier molecular flexibility index (Phi) is 4.77. The fourth-order valence-electron chi connectivity index (χ4n) is 2.14. The fourth-order valence-corrected chi connectivity index (χ4v) is 3.70. The van der Waals surface area contributed by atoms with Crippen molar-refractivity contribution in [3.05, 3.63) is 36.7 Å². The molecule has 6 nitrogen and oxygen atoms in total. The molecular weight excluding hydrogens is 304 g/mol. The molecule has 0 radical (unpaired) electrons. The molecule has 1 N–H and O–H groups in total. The third-order valence-electron chi connectivity index (χ3n) is 3.33. The minimum absolute atomic E-state index is 0.113. The van der Waals surface area contributed by atoms with E-state index in [1.807, 2.05) is 0 Å². The van der Waals surface area contributed by atoms with Gasteiger partial charge in [-0.25, -0.2) is 8.42 Å². The summed E-state index contributed by atoms with van der Waals surface area (Å²) in [6.45, 7) is 3.49. The molecule has 1 unspecified atom stereocenters. The smallest absolute Gasteiger partial charge is 0.324 e. The lowest BCUT2D eigenvalue weighted by molar-refractivity contribution is -0.143. The van der Waals surface area contributed by atoms with E-state index < -0.39 is 22.0 Å². The monoisotopic (exact) mass is 322 g/mol. The molecule has 1 heterocycles. The summed E-state index contributed by atoms with van der Waals surface area (Å²) in [4.78, 5) is 15.9. The number of rotatable bonds is 5. The van der Waals surface area contributed by atoms with Crippen LogP contribution in [0.15, 0.2) is 41.6 Å². The summed E-state index contributed by atoms with van der Waals surface area (Å²) >= 11 is 0. The topological polar surface area (TPSA) is 85.4 Å². The predicted octanol–water partition coefficient (Wildman–Crippen LogP) is 1.71. The Morgan fingerprint density at radius 1 is 1.27 bits per heavy atom. The van der Waals surface area contributed by atoms with Gasteiger partial charge in [0.15, 0.2) is 0 Å². The van der Waals surface area contributed by atoms with E-state index in [0.29, 0.717) is 10.8 Å². The Hall–Kier alpha value is -1.99. The summed E-state index contributed by atoms with van der Waals surface area (Å²) in [6.07, 6.45) is 3.12. The van der Waals surface area contributed by atoms with Gasteiger partial charge < -0.3 is 4.74 Å². The summed E-state index contributed by atoms with van der Waals surface area (Å²) in [7, 11) is -2.63. The Labute approximate surface area is 129 Å². The molecule has 2 rings (SSSR count). The molecule has 0 aliphatic heterocycles. The van der Waals surface area contributed by atoms with Crippen molar-refractivity contribution in [1.29, 1.82) is 0 Å². The summed E-state index contributed by atoms with van der Waals surface area (Å²) in [5, 5.41) is 1.27. The van der Waals surface area contributed by atoms with Crippen LogP contribution in [0.4, 0.5) is 0 Å². The summed E-state index contributed by atoms with van der Waals surface area (Å²) in [6, 6.07) is 5.61. The van der Waals surface area contributed by atoms with Crippen LogP contribution in [-0.2, 0) is 19.6 Å². The maximum absolute atomic E-state index is 12.6. The van der Waals surface area contributed by atoms with E-state index >= 15 is 0 Å². The number of nitrogens with zero attached hydrogens (tertiary/aromatic N) is 1. The van der Waals surface area contributed by atoms with Gasteiger partial charge in [0.1, 0.15) is 6.04 Å². The quantitative estimate of drug-likeness (QED) is 0.847. The van der Waals surface area contributed by atoms with Crippen molar-refractivity contribution in [3.63, 3.8) is 0 Å². The fraction of sp³-hybridized carbons (Fsp3) is 0.333. The van der Waals surface area contributed by atoms with Crippen LogP contribution in [-0.4, -0.2) is 32.5 Å². The Bertz CT molecular complexity index is 782. The Morgan fingerprint density at radius 2 is 2.00 bits per heavy atom. The molecule has 0 fully saturated rings. The van der Waals surface area contributed by atoms with Gasteiger partial charge in [-0.15, -0.1) is 0 Å². The number of aromatic nitrogens is 1. The Balaban J connectivity index is 2.47. The summed E-state index contributed by atoms with van der Waals surface area (Å²) < 4.78 is 32.4. The average Bonchev–Trinajstić information content (AvgIpc) is 2.51. The molecule has 0 aliphatic carbocycles. The van der Waals surface area contributed by atoms with E-state index in [4.69, 9.17) is 0 Å². The largest absolute Gasteiger partial charge is 0.468 e. The highest BCUT2D eigenvalue weighted by atomic mass is 32.2. The second kappa shape index (κ2) is 6.41. The van der Waals surface area contributed by atoms with Gasteiger partial charge in [0.2, 0.25) is 10.0 Å². The van der Waals surface area contributed by atoms with Crippen LogP contribution in [0.1, 0.15) is 13.8 Å². The highest BCUT2D eigenvalue weighted by Crippen LogP contribution is 2.22. The number of fused-ring (bicyclic) bond motifs is 1. The third kappa shape index (κ3) is 3.26. The van der Waals surface area contributed by atoms with E-state index in [1.165, 1.54) is 19.4 Å². The predicted molar refractivity (Wildman–Crippen MR) is 82.7 cm³/mol. The van der Waals surface area contributed by atoms with Gasteiger partial charge in [0.25, 0.3) is 0 Å². The molecular formula is C15H18N2O4S. The number of carbonyl (C=O) groups is 1. The molecule has 7 heteroatoms. The van der Waals surface area contributed by atoms with Crippen molar-refractivity contribution < 1.29 is 17.9 Å². The SMILES string of the molecule is COC(=O)C(NS(=O)(=O)c1cccc2cnccc12)C(C)C. The van der Waals surface area contributed by atoms with Crippen LogP contribution in [0.2, 0.25) is 0 Å². The number of ether oxygens (including phenoxy) is 1. The lowest BCUT2D eigenvalue weighted by atomic mass is 10.1. The van der Waals surface area contributed by atoms with E-state index in [-0.39, 0.29) is 10.8 Å². The van der Waals surface area contributed by atoms with E-state index in [0.717, 1.165) is 0 Å². The molecule has 2 aromatic rings. The maximum atomic E-state index is 12.6. The summed E-state index contributed by atoms with van der Waals surface area (Å²) in [5.74, 6) is -0.848. The van der Waals surface area contributed by atoms with Crippen molar-refractivity contribution in [2.24, 2.45) is 5.92 Å². The van der Waals surface area contributed by atoms with Crippen LogP contribution in [0.3, 0.4) is 0 Å². The van der Waals surface area contributed by atoms with Gasteiger partial charge in [-0.3, -0.25) is 9.78 Å². The number of esters is 1. The van der Waals surface area contributed by atoms with Crippen molar-refractivity contribution in [1.82, 2.24) is 9.71 Å². The molecule has 0 saturated carbocycles. The number of nitrogens with one attached hydrogen (secondary N) is 1. The van der Waals surface area contributed by atoms with Crippen LogP contribution in [0, 0.1) is 5.92 Å². The van der Waals surface area contributed by atoms with Crippen molar-refractivity contribution in [2.45, 2.75) is 24.8 Å². The van der Waals surface area contributed by atoms with Gasteiger partial charge in [0.05, 0.1) is 12.0 Å². The van der Waals surface area contributed by atoms with Gasteiger partial charge >= 0.3 is 5.97 Å². The number of benzene rings is 1. The standard InChI is InChI=1S/C15H18N2O4S/c1-10(2)14(15(18)21-3)17-22(19,20)13-6-4-5-11-9-16-8-7-12(11)13/h4-10,14,17H,1-3H3. The molecule has 0 bridgehead atoms. The van der Waals surface area contributed by atoms with Gasteiger partial charge in [-0.2, -0.15) is 4.72 Å². The number of pyridine rings is 1. The minimum atomic E-state index is -3.86. The zero-order valence-electron chi connectivity index (χ0n) is 12.6. The minimum Gasteiger partial charge on any atom is -0.468 e. The van der Waals surface area contributed by atoms with E-state index in [9.17, 15) is 13.2 Å². The van der Waals surface area contributed by atoms with Crippen LogP contribution < -0.4 is 4.72 Å². The maximum Gasteiger partial charge on any atom is 0.324 e. The molecule has 1 atom stereocenters. The molecule has 118 valence electrons. The molecule has 0 saturated heterocycles. The van der Waals surface area contributed by atoms with Gasteiger partial charge in [-0.1, -0.05) is 26.0 Å². The van der Waals surface area contributed by atoms with Crippen molar-refractivity contribution in [3.8, 4) is 0 Å². The average molecular weight is 322 g/mol. The first-order valence-electron chi connectivity index (χ1n) is 6.79. The third-order valence-corrected chi connectivity index (χ3v) is 4.83. The molecule has 22 heavy (non-hydrogen) atoms.